The molecule has 0 amide bonds. The number of aryl methyl sites for hydroxylation is 1. The number of rotatable bonds is 8. The van der Waals surface area contributed by atoms with E-state index < -0.39 is 0 Å². The summed E-state index contributed by atoms with van der Waals surface area (Å²) < 4.78 is 2.05. The third-order valence-electron chi connectivity index (χ3n) is 5.12. The minimum atomic E-state index is 0.869. The van der Waals surface area contributed by atoms with Crippen molar-refractivity contribution in [2.24, 2.45) is 4.99 Å². The fourth-order valence-corrected chi connectivity index (χ4v) is 3.60. The third-order valence-corrected chi connectivity index (χ3v) is 5.12. The molecular formula is C20H33N7. The highest BCUT2D eigenvalue weighted by molar-refractivity contribution is 5.79. The van der Waals surface area contributed by atoms with Crippen molar-refractivity contribution in [2.45, 2.75) is 44.9 Å². The second-order valence-corrected chi connectivity index (χ2v) is 7.18. The van der Waals surface area contributed by atoms with Gasteiger partial charge in [0.2, 0.25) is 0 Å². The van der Waals surface area contributed by atoms with Gasteiger partial charge >= 0.3 is 0 Å². The maximum atomic E-state index is 4.32. The summed E-state index contributed by atoms with van der Waals surface area (Å²) in [5.41, 5.74) is 0.905. The van der Waals surface area contributed by atoms with Crippen LogP contribution in [0, 0.1) is 0 Å². The van der Waals surface area contributed by atoms with Crippen LogP contribution >= 0.6 is 0 Å². The predicted molar refractivity (Wildman–Crippen MR) is 110 cm³/mol. The normalized spacial score (nSPS) is 16.4. The van der Waals surface area contributed by atoms with Crippen LogP contribution in [0.15, 0.2) is 29.4 Å². The van der Waals surface area contributed by atoms with Gasteiger partial charge in [0.05, 0.1) is 0 Å². The number of aliphatic imine (C=N–C) groups is 1. The number of nitrogens with one attached hydrogen (secondary N) is 2. The van der Waals surface area contributed by atoms with Gasteiger partial charge in [0.15, 0.2) is 11.6 Å². The van der Waals surface area contributed by atoms with E-state index in [1.54, 1.807) is 0 Å². The molecule has 0 saturated carbocycles. The van der Waals surface area contributed by atoms with E-state index in [0.717, 1.165) is 49.8 Å². The molecule has 27 heavy (non-hydrogen) atoms. The average Bonchev–Trinajstić information content (AvgIpc) is 2.93. The molecule has 0 radical (unpaired) electrons. The monoisotopic (exact) mass is 371 g/mol. The topological polar surface area (TPSA) is 69.8 Å². The van der Waals surface area contributed by atoms with Crippen molar-refractivity contribution in [3.05, 3.63) is 30.2 Å². The summed E-state index contributed by atoms with van der Waals surface area (Å²) in [7, 11) is 1.83. The van der Waals surface area contributed by atoms with Crippen LogP contribution < -0.4 is 10.6 Å². The molecule has 0 spiro atoms. The number of hydrogen-bond acceptors (Lipinski definition) is 4. The van der Waals surface area contributed by atoms with Crippen LogP contribution in [-0.2, 0) is 6.42 Å². The van der Waals surface area contributed by atoms with Gasteiger partial charge in [-0.2, -0.15) is 0 Å². The Morgan fingerprint density at radius 3 is 2.59 bits per heavy atom. The molecule has 7 nitrogen and oxygen atoms in total. The minimum absolute atomic E-state index is 0.869. The van der Waals surface area contributed by atoms with E-state index in [9.17, 15) is 0 Å². The van der Waals surface area contributed by atoms with E-state index in [2.05, 4.69) is 35.1 Å². The maximum Gasteiger partial charge on any atom is 0.190 e. The Morgan fingerprint density at radius 1 is 1.04 bits per heavy atom. The summed E-state index contributed by atoms with van der Waals surface area (Å²) in [5, 5.41) is 15.3. The lowest BCUT2D eigenvalue weighted by molar-refractivity contribution is 0.282. The van der Waals surface area contributed by atoms with Crippen LogP contribution in [0.3, 0.4) is 0 Å². The van der Waals surface area contributed by atoms with Gasteiger partial charge in [-0.3, -0.25) is 9.39 Å². The van der Waals surface area contributed by atoms with Crippen molar-refractivity contribution in [2.75, 3.05) is 39.8 Å². The van der Waals surface area contributed by atoms with Crippen LogP contribution in [0.25, 0.3) is 5.65 Å². The largest absolute Gasteiger partial charge is 0.356 e. The van der Waals surface area contributed by atoms with Gasteiger partial charge in [-0.15, -0.1) is 10.2 Å². The molecule has 2 N–H and O–H groups in total. The van der Waals surface area contributed by atoms with Gasteiger partial charge in [0.1, 0.15) is 5.82 Å². The molecular weight excluding hydrogens is 338 g/mol. The fraction of sp³-hybridized carbons (Fsp3) is 0.650. The molecule has 1 saturated heterocycles. The first kappa shape index (κ1) is 19.6. The average molecular weight is 372 g/mol. The van der Waals surface area contributed by atoms with Gasteiger partial charge in [-0.1, -0.05) is 18.9 Å². The maximum absolute atomic E-state index is 4.32. The standard InChI is InChI=1S/C20H33N7/c1-21-20(23-13-9-16-26-14-5-2-3-6-15-26)22-12-8-11-19-25-24-18-10-4-7-17-27(18)19/h4,7,10,17H,2-3,5-6,8-9,11-16H2,1H3,(H2,21,22,23). The van der Waals surface area contributed by atoms with Gasteiger partial charge in [0, 0.05) is 32.8 Å². The zero-order chi connectivity index (χ0) is 18.7. The molecule has 7 heteroatoms. The lowest BCUT2D eigenvalue weighted by Crippen LogP contribution is -2.39. The van der Waals surface area contributed by atoms with Crippen LogP contribution in [0.2, 0.25) is 0 Å². The Labute approximate surface area is 162 Å². The molecule has 0 aliphatic carbocycles. The van der Waals surface area contributed by atoms with Gasteiger partial charge in [-0.05, 0) is 57.5 Å². The molecule has 3 rings (SSSR count). The number of hydrogen-bond donors (Lipinski definition) is 2. The van der Waals surface area contributed by atoms with Gasteiger partial charge in [0.25, 0.3) is 0 Å². The molecule has 3 heterocycles. The zero-order valence-corrected chi connectivity index (χ0v) is 16.5. The Morgan fingerprint density at radius 2 is 1.81 bits per heavy atom. The van der Waals surface area contributed by atoms with Crippen LogP contribution in [0.4, 0.5) is 0 Å². The highest BCUT2D eigenvalue weighted by Crippen LogP contribution is 2.09. The van der Waals surface area contributed by atoms with Crippen molar-refractivity contribution in [1.82, 2.24) is 30.1 Å². The van der Waals surface area contributed by atoms with E-state index >= 15 is 0 Å². The zero-order valence-electron chi connectivity index (χ0n) is 16.5. The number of guanidine groups is 1. The smallest absolute Gasteiger partial charge is 0.190 e. The highest BCUT2D eigenvalue weighted by Gasteiger charge is 2.08. The highest BCUT2D eigenvalue weighted by atomic mass is 15.2. The van der Waals surface area contributed by atoms with E-state index in [1.807, 2.05) is 31.4 Å². The first-order chi connectivity index (χ1) is 13.4. The van der Waals surface area contributed by atoms with E-state index in [-0.39, 0.29) is 0 Å². The van der Waals surface area contributed by atoms with Crippen molar-refractivity contribution < 1.29 is 0 Å². The molecule has 2 aromatic rings. The second kappa shape index (κ2) is 10.9. The van der Waals surface area contributed by atoms with E-state index in [4.69, 9.17) is 0 Å². The summed E-state index contributed by atoms with van der Waals surface area (Å²) in [5.74, 6) is 1.89. The molecule has 1 aliphatic rings. The molecule has 0 atom stereocenters. The Hall–Kier alpha value is -2.15. The molecule has 0 unspecified atom stereocenters. The molecule has 1 aliphatic heterocycles. The molecule has 2 aromatic heterocycles. The Kier molecular flexibility index (Phi) is 7.89. The number of pyridine rings is 1. The second-order valence-electron chi connectivity index (χ2n) is 7.18. The first-order valence-electron chi connectivity index (χ1n) is 10.3. The van der Waals surface area contributed by atoms with Crippen molar-refractivity contribution in [3.63, 3.8) is 0 Å². The van der Waals surface area contributed by atoms with Crippen molar-refractivity contribution in [1.29, 1.82) is 0 Å². The van der Waals surface area contributed by atoms with Crippen LogP contribution in [0.5, 0.6) is 0 Å². The van der Waals surface area contributed by atoms with E-state index in [1.165, 1.54) is 45.3 Å². The summed E-state index contributed by atoms with van der Waals surface area (Å²) in [6.45, 7) is 5.55. The molecule has 0 aromatic carbocycles. The summed E-state index contributed by atoms with van der Waals surface area (Å²) >= 11 is 0. The minimum Gasteiger partial charge on any atom is -0.356 e. The number of aromatic nitrogens is 3. The summed E-state index contributed by atoms with van der Waals surface area (Å²) in [6, 6.07) is 5.97. The summed E-state index contributed by atoms with van der Waals surface area (Å²) in [4.78, 5) is 6.92. The van der Waals surface area contributed by atoms with E-state index in [0.29, 0.717) is 0 Å². The Balaban J connectivity index is 1.30. The Bertz CT molecular complexity index is 701. The van der Waals surface area contributed by atoms with Crippen molar-refractivity contribution >= 4 is 11.6 Å². The summed E-state index contributed by atoms with van der Waals surface area (Å²) in [6.07, 6.45) is 10.6. The number of fused-ring (bicyclic) bond motifs is 1. The lowest BCUT2D eigenvalue weighted by Gasteiger charge is -2.20. The van der Waals surface area contributed by atoms with Crippen molar-refractivity contribution in [3.8, 4) is 0 Å². The SMILES string of the molecule is CN=C(NCCCc1nnc2ccccn12)NCCCN1CCCCCC1. The fourth-order valence-electron chi connectivity index (χ4n) is 3.60. The van der Waals surface area contributed by atoms with Gasteiger partial charge < -0.3 is 15.5 Å². The number of nitrogens with zero attached hydrogens (tertiary/aromatic N) is 5. The molecule has 148 valence electrons. The van der Waals surface area contributed by atoms with Gasteiger partial charge in [-0.25, -0.2) is 0 Å². The predicted octanol–water partition coefficient (Wildman–Crippen LogP) is 2.09. The van der Waals surface area contributed by atoms with Crippen LogP contribution in [0.1, 0.15) is 44.3 Å². The molecule has 0 bridgehead atoms. The quantitative estimate of drug-likeness (QED) is 0.422. The lowest BCUT2D eigenvalue weighted by atomic mass is 10.2. The van der Waals surface area contributed by atoms with Crippen LogP contribution in [-0.4, -0.2) is 65.2 Å². The first-order valence-corrected chi connectivity index (χ1v) is 10.3. The third kappa shape index (κ3) is 6.20. The number of likely N-dealkylation sites (tertiary alicyclic amines) is 1. The molecule has 1 fully saturated rings.